The van der Waals surface area contributed by atoms with Gasteiger partial charge in [-0.25, -0.2) is 0 Å². The Bertz CT molecular complexity index is 523. The first kappa shape index (κ1) is 23.5. The van der Waals surface area contributed by atoms with Crippen LogP contribution >= 0.6 is 0 Å². The monoisotopic (exact) mass is 415 g/mol. The summed E-state index contributed by atoms with van der Waals surface area (Å²) in [6.45, 7) is 7.82. The molecule has 11 nitrogen and oxygen atoms in total. The van der Waals surface area contributed by atoms with Crippen LogP contribution in [0.2, 0.25) is 0 Å². The van der Waals surface area contributed by atoms with Crippen molar-refractivity contribution in [2.24, 2.45) is 0 Å². The molecule has 0 radical (unpaired) electrons. The Morgan fingerprint density at radius 2 is 0.655 bits per heavy atom. The minimum Gasteiger partial charge on any atom is -0.480 e. The minimum atomic E-state index is -0.898. The highest BCUT2D eigenvalue weighted by Gasteiger charge is 2.21. The quantitative estimate of drug-likeness (QED) is 0.436. The summed E-state index contributed by atoms with van der Waals surface area (Å²) in [6, 6.07) is 0. The summed E-state index contributed by atoms with van der Waals surface area (Å²) in [5.74, 6) is -2.64. The molecule has 166 valence electrons. The van der Waals surface area contributed by atoms with Gasteiger partial charge in [0.25, 0.3) is 0 Å². The summed E-state index contributed by atoms with van der Waals surface area (Å²) in [5.41, 5.74) is 0. The molecule has 0 aromatic rings. The zero-order valence-electron chi connectivity index (χ0n) is 16.9. The lowest BCUT2D eigenvalue weighted by molar-refractivity contribution is -0.140. The van der Waals surface area contributed by atoms with Gasteiger partial charge in [-0.2, -0.15) is 0 Å². The Balaban J connectivity index is 2.11. The van der Waals surface area contributed by atoms with E-state index in [0.29, 0.717) is 52.4 Å². The second kappa shape index (κ2) is 12.0. The Kier molecular flexibility index (Phi) is 9.74. The fourth-order valence-electron chi connectivity index (χ4n) is 3.75. The zero-order valence-corrected chi connectivity index (χ0v) is 16.9. The molecule has 2 fully saturated rings. The van der Waals surface area contributed by atoms with Crippen molar-refractivity contribution in [3.8, 4) is 0 Å². The van der Waals surface area contributed by atoms with E-state index in [2.05, 4.69) is 9.80 Å². The topological polar surface area (TPSA) is 128 Å². The van der Waals surface area contributed by atoms with E-state index < -0.39 is 17.9 Å². The van der Waals surface area contributed by atoms with Crippen LogP contribution in [0.5, 0.6) is 0 Å². The predicted molar refractivity (Wildman–Crippen MR) is 105 cm³/mol. The third-order valence-electron chi connectivity index (χ3n) is 5.47. The molecular formula is C18H33N5O6. The van der Waals surface area contributed by atoms with Crippen molar-refractivity contribution in [3.63, 3.8) is 0 Å². The van der Waals surface area contributed by atoms with Gasteiger partial charge in [-0.05, 0) is 0 Å². The summed E-state index contributed by atoms with van der Waals surface area (Å²) in [4.78, 5) is 43.7. The molecule has 0 aromatic carbocycles. The van der Waals surface area contributed by atoms with E-state index in [1.54, 1.807) is 0 Å². The third-order valence-corrected chi connectivity index (χ3v) is 5.47. The van der Waals surface area contributed by atoms with Crippen LogP contribution in [-0.2, 0) is 14.4 Å². The van der Waals surface area contributed by atoms with E-state index in [0.717, 1.165) is 26.2 Å². The number of aliphatic carboxylic acids is 3. The highest BCUT2D eigenvalue weighted by molar-refractivity contribution is 5.69. The molecule has 2 saturated heterocycles. The first-order valence-corrected chi connectivity index (χ1v) is 10.1. The Morgan fingerprint density at radius 1 is 0.448 bits per heavy atom. The van der Waals surface area contributed by atoms with Gasteiger partial charge in [-0.15, -0.1) is 0 Å². The molecule has 0 aromatic heterocycles. The number of hydrogen-bond donors (Lipinski definition) is 3. The minimum absolute atomic E-state index is 0.00203. The van der Waals surface area contributed by atoms with Gasteiger partial charge in [-0.1, -0.05) is 0 Å². The fraction of sp³-hybridized carbons (Fsp3) is 0.833. The largest absolute Gasteiger partial charge is 0.480 e. The van der Waals surface area contributed by atoms with E-state index in [4.69, 9.17) is 5.11 Å². The molecule has 2 heterocycles. The maximum atomic E-state index is 11.2. The van der Waals surface area contributed by atoms with Crippen LogP contribution in [-0.4, -0.2) is 156 Å². The Hall–Kier alpha value is -1.79. The highest BCUT2D eigenvalue weighted by atomic mass is 16.4. The SMILES string of the molecule is O=C(O)CN1CCN2CCN(CC1)CCN(CC(=O)O)CCN(CC(=O)O)CC2. The van der Waals surface area contributed by atoms with Gasteiger partial charge in [0.05, 0.1) is 19.6 Å². The molecule has 2 aliphatic rings. The number of carboxylic acids is 3. The standard InChI is InChI=1S/C18H33N5O6/c24-16(25)13-21-7-3-19-1-2-20(4-8-21)6-10-23(15-18(28)29)12-11-22(9-5-19)14-17(26)27/h1-15H2,(H,24,25)(H,26,27)(H,28,29). The second-order valence-electron chi connectivity index (χ2n) is 7.69. The molecule has 29 heavy (non-hydrogen) atoms. The number of fused-ring (bicyclic) bond motifs is 3. The van der Waals surface area contributed by atoms with Gasteiger partial charge < -0.3 is 15.3 Å². The average Bonchev–Trinajstić information content (AvgIpc) is 2.71. The normalized spacial score (nSPS) is 26.5. The lowest BCUT2D eigenvalue weighted by Crippen LogP contribution is -2.47. The second-order valence-corrected chi connectivity index (χ2v) is 7.69. The number of nitrogens with zero attached hydrogens (tertiary/aromatic N) is 5. The summed E-state index contributed by atoms with van der Waals surface area (Å²) in [6.07, 6.45) is 0. The lowest BCUT2D eigenvalue weighted by Gasteiger charge is -2.32. The smallest absolute Gasteiger partial charge is 0.317 e. The Morgan fingerprint density at radius 3 is 0.897 bits per heavy atom. The molecule has 2 unspecified atom stereocenters. The maximum absolute atomic E-state index is 11.2. The molecule has 2 aliphatic heterocycles. The fourth-order valence-corrected chi connectivity index (χ4v) is 3.75. The number of rotatable bonds is 6. The van der Waals surface area contributed by atoms with Crippen molar-refractivity contribution < 1.29 is 29.7 Å². The number of carbonyl (C=O) groups is 3. The summed E-state index contributed by atoms with van der Waals surface area (Å²) < 4.78 is 0. The summed E-state index contributed by atoms with van der Waals surface area (Å²) >= 11 is 0. The highest BCUT2D eigenvalue weighted by Crippen LogP contribution is 2.04. The molecule has 2 rings (SSSR count). The summed E-state index contributed by atoms with van der Waals surface area (Å²) in [5, 5.41) is 27.6. The van der Waals surface area contributed by atoms with Crippen molar-refractivity contribution in [2.75, 3.05) is 98.2 Å². The van der Waals surface area contributed by atoms with Crippen LogP contribution in [0.3, 0.4) is 0 Å². The maximum Gasteiger partial charge on any atom is 0.317 e. The van der Waals surface area contributed by atoms with Crippen molar-refractivity contribution >= 4 is 17.9 Å². The summed E-state index contributed by atoms with van der Waals surface area (Å²) in [7, 11) is 0. The van der Waals surface area contributed by atoms with Crippen LogP contribution in [0.1, 0.15) is 0 Å². The van der Waals surface area contributed by atoms with E-state index in [-0.39, 0.29) is 19.6 Å². The average molecular weight is 415 g/mol. The van der Waals surface area contributed by atoms with Crippen molar-refractivity contribution in [2.45, 2.75) is 0 Å². The van der Waals surface area contributed by atoms with Crippen molar-refractivity contribution in [1.82, 2.24) is 24.5 Å². The first-order chi connectivity index (χ1) is 13.8. The molecule has 3 N–H and O–H groups in total. The molecular weight excluding hydrogens is 382 g/mol. The van der Waals surface area contributed by atoms with Crippen LogP contribution in [0.25, 0.3) is 0 Å². The molecule has 2 atom stereocenters. The third kappa shape index (κ3) is 9.50. The number of carboxylic acid groups (broad SMARTS) is 3. The molecule has 2 bridgehead atoms. The zero-order chi connectivity index (χ0) is 21.2. The van der Waals surface area contributed by atoms with Crippen molar-refractivity contribution in [1.29, 1.82) is 0 Å². The predicted octanol–water partition coefficient (Wildman–Crippen LogP) is -2.22. The van der Waals surface area contributed by atoms with Gasteiger partial charge in [0.2, 0.25) is 0 Å². The van der Waals surface area contributed by atoms with Crippen LogP contribution in [0, 0.1) is 0 Å². The molecule has 0 aliphatic carbocycles. The van der Waals surface area contributed by atoms with E-state index >= 15 is 0 Å². The van der Waals surface area contributed by atoms with Gasteiger partial charge >= 0.3 is 17.9 Å². The molecule has 0 spiro atoms. The van der Waals surface area contributed by atoms with Gasteiger partial charge in [-0.3, -0.25) is 38.9 Å². The van der Waals surface area contributed by atoms with E-state index in [9.17, 15) is 24.6 Å². The van der Waals surface area contributed by atoms with Crippen LogP contribution in [0.4, 0.5) is 0 Å². The van der Waals surface area contributed by atoms with Crippen LogP contribution in [0.15, 0.2) is 0 Å². The van der Waals surface area contributed by atoms with Gasteiger partial charge in [0.15, 0.2) is 0 Å². The van der Waals surface area contributed by atoms with E-state index in [1.165, 1.54) is 0 Å². The number of hydrogen-bond acceptors (Lipinski definition) is 8. The molecule has 11 heteroatoms. The Labute approximate surface area is 171 Å². The molecule has 0 saturated carbocycles. The van der Waals surface area contributed by atoms with Gasteiger partial charge in [0, 0.05) is 78.5 Å². The van der Waals surface area contributed by atoms with Crippen molar-refractivity contribution in [3.05, 3.63) is 0 Å². The van der Waals surface area contributed by atoms with Crippen LogP contribution < -0.4 is 0 Å². The van der Waals surface area contributed by atoms with Gasteiger partial charge in [0.1, 0.15) is 0 Å². The van der Waals surface area contributed by atoms with E-state index in [1.807, 2.05) is 14.7 Å². The molecule has 0 amide bonds. The lowest BCUT2D eigenvalue weighted by atomic mass is 10.3. The first-order valence-electron chi connectivity index (χ1n) is 10.1.